The first kappa shape index (κ1) is 13.0. The quantitative estimate of drug-likeness (QED) is 0.914. The van der Waals surface area contributed by atoms with Gasteiger partial charge in [0.05, 0.1) is 0 Å². The van der Waals surface area contributed by atoms with Gasteiger partial charge in [-0.05, 0) is 37.0 Å². The molecule has 1 heterocycles. The number of hydrogen-bond donors (Lipinski definition) is 1. The summed E-state index contributed by atoms with van der Waals surface area (Å²) in [6, 6.07) is 7.61. The lowest BCUT2D eigenvalue weighted by molar-refractivity contribution is 0.0792. The van der Waals surface area contributed by atoms with Crippen LogP contribution in [0, 0.1) is 0 Å². The minimum atomic E-state index is -0.734. The third-order valence-electron chi connectivity index (χ3n) is 3.95. The predicted octanol–water partition coefficient (Wildman–Crippen LogP) is 1.87. The zero-order valence-corrected chi connectivity index (χ0v) is 11.2. The second-order valence-corrected chi connectivity index (χ2v) is 5.44. The molecular weight excluding hydrogens is 256 g/mol. The minimum absolute atomic E-state index is 0.0948. The summed E-state index contributed by atoms with van der Waals surface area (Å²) in [6.07, 6.45) is 2.08. The predicted molar refractivity (Wildman–Crippen MR) is 73.4 cm³/mol. The molecule has 1 aliphatic heterocycles. The number of primary amides is 1. The second kappa shape index (κ2) is 5.15. The number of nitrogens with two attached hydrogens (primary N) is 1. The van der Waals surface area contributed by atoms with Crippen molar-refractivity contribution in [2.75, 3.05) is 13.1 Å². The zero-order valence-electron chi connectivity index (χ0n) is 11.2. The first-order valence-electron chi connectivity index (χ1n) is 7.00. The molecule has 2 N–H and O–H groups in total. The van der Waals surface area contributed by atoms with Gasteiger partial charge in [0.15, 0.2) is 0 Å². The molecule has 2 atom stereocenters. The van der Waals surface area contributed by atoms with Crippen LogP contribution in [0.1, 0.15) is 41.1 Å². The Morgan fingerprint density at radius 1 is 1.25 bits per heavy atom. The Bertz CT molecular complexity index is 538. The van der Waals surface area contributed by atoms with Crippen LogP contribution in [0.2, 0.25) is 0 Å². The van der Waals surface area contributed by atoms with Gasteiger partial charge in [0.1, 0.15) is 6.10 Å². The minimum Gasteiger partial charge on any atom is -0.446 e. The third kappa shape index (κ3) is 2.61. The van der Waals surface area contributed by atoms with E-state index in [0.717, 1.165) is 37.9 Å². The van der Waals surface area contributed by atoms with Gasteiger partial charge < -0.3 is 15.4 Å². The molecule has 5 nitrogen and oxygen atoms in total. The van der Waals surface area contributed by atoms with Gasteiger partial charge >= 0.3 is 6.09 Å². The summed E-state index contributed by atoms with van der Waals surface area (Å²) in [4.78, 5) is 24.9. The van der Waals surface area contributed by atoms with Crippen molar-refractivity contribution < 1.29 is 14.3 Å². The van der Waals surface area contributed by atoms with Crippen molar-refractivity contribution in [3.8, 4) is 0 Å². The van der Waals surface area contributed by atoms with E-state index in [1.165, 1.54) is 0 Å². The number of carbonyl (C=O) groups is 2. The van der Waals surface area contributed by atoms with E-state index in [9.17, 15) is 9.59 Å². The van der Waals surface area contributed by atoms with Crippen LogP contribution in [0.5, 0.6) is 0 Å². The molecule has 106 valence electrons. The van der Waals surface area contributed by atoms with Crippen molar-refractivity contribution in [3.05, 3.63) is 35.4 Å². The third-order valence-corrected chi connectivity index (χ3v) is 3.95. The fourth-order valence-corrected chi connectivity index (χ4v) is 2.81. The van der Waals surface area contributed by atoms with Crippen molar-refractivity contribution >= 4 is 12.0 Å². The number of likely N-dealkylation sites (tertiary alicyclic amines) is 1. The van der Waals surface area contributed by atoms with Gasteiger partial charge in [0.2, 0.25) is 0 Å². The normalized spacial score (nSPS) is 24.5. The Kier molecular flexibility index (Phi) is 3.34. The van der Waals surface area contributed by atoms with Gasteiger partial charge in [-0.15, -0.1) is 0 Å². The molecule has 5 heteroatoms. The summed E-state index contributed by atoms with van der Waals surface area (Å²) >= 11 is 0. The summed E-state index contributed by atoms with van der Waals surface area (Å²) in [5, 5.41) is 0. The first-order chi connectivity index (χ1) is 9.65. The molecule has 1 saturated carbocycles. The SMILES string of the molecule is NC(=O)O[C@@H]1C[C@H]1c1cccc(C(=O)N2CCCC2)c1. The molecule has 1 aromatic carbocycles. The maximum atomic E-state index is 12.3. The number of amides is 2. The van der Waals surface area contributed by atoms with Gasteiger partial charge in [-0.1, -0.05) is 12.1 Å². The number of ether oxygens (including phenoxy) is 1. The summed E-state index contributed by atoms with van der Waals surface area (Å²) in [6.45, 7) is 1.69. The van der Waals surface area contributed by atoms with Crippen LogP contribution < -0.4 is 5.73 Å². The van der Waals surface area contributed by atoms with Gasteiger partial charge in [-0.2, -0.15) is 0 Å². The molecule has 0 unspecified atom stereocenters. The number of hydrogen-bond acceptors (Lipinski definition) is 3. The van der Waals surface area contributed by atoms with Crippen LogP contribution in [-0.4, -0.2) is 36.1 Å². The highest BCUT2D eigenvalue weighted by atomic mass is 16.6. The zero-order chi connectivity index (χ0) is 14.1. The van der Waals surface area contributed by atoms with E-state index in [-0.39, 0.29) is 17.9 Å². The lowest BCUT2D eigenvalue weighted by Crippen LogP contribution is -2.27. The fraction of sp³-hybridized carbons (Fsp3) is 0.467. The number of carbonyl (C=O) groups excluding carboxylic acids is 2. The van der Waals surface area contributed by atoms with Crippen molar-refractivity contribution in [3.63, 3.8) is 0 Å². The van der Waals surface area contributed by atoms with Crippen molar-refractivity contribution in [1.82, 2.24) is 4.90 Å². The van der Waals surface area contributed by atoms with E-state index in [1.807, 2.05) is 29.2 Å². The van der Waals surface area contributed by atoms with E-state index < -0.39 is 6.09 Å². The van der Waals surface area contributed by atoms with Crippen LogP contribution >= 0.6 is 0 Å². The molecule has 0 bridgehead atoms. The number of benzene rings is 1. The molecular formula is C15H18N2O3. The van der Waals surface area contributed by atoms with Crippen LogP contribution in [-0.2, 0) is 4.74 Å². The summed E-state index contributed by atoms with van der Waals surface area (Å²) in [5.74, 6) is 0.270. The van der Waals surface area contributed by atoms with Crippen molar-refractivity contribution in [2.24, 2.45) is 5.73 Å². The summed E-state index contributed by atoms with van der Waals surface area (Å²) < 4.78 is 4.97. The van der Waals surface area contributed by atoms with Crippen LogP contribution in [0.3, 0.4) is 0 Å². The van der Waals surface area contributed by atoms with E-state index in [1.54, 1.807) is 0 Å². The van der Waals surface area contributed by atoms with Crippen LogP contribution in [0.15, 0.2) is 24.3 Å². The summed E-state index contributed by atoms with van der Waals surface area (Å²) in [5.41, 5.74) is 6.77. The molecule has 2 aliphatic rings. The molecule has 0 spiro atoms. The molecule has 0 aromatic heterocycles. The number of rotatable bonds is 3. The average molecular weight is 274 g/mol. The van der Waals surface area contributed by atoms with Crippen LogP contribution in [0.25, 0.3) is 0 Å². The first-order valence-corrected chi connectivity index (χ1v) is 7.00. The second-order valence-electron chi connectivity index (χ2n) is 5.44. The van der Waals surface area contributed by atoms with E-state index in [4.69, 9.17) is 10.5 Å². The Morgan fingerprint density at radius 3 is 2.70 bits per heavy atom. The molecule has 3 rings (SSSR count). The maximum absolute atomic E-state index is 12.3. The average Bonchev–Trinajstić information content (AvgIpc) is 2.98. The largest absolute Gasteiger partial charge is 0.446 e. The Labute approximate surface area is 117 Å². The van der Waals surface area contributed by atoms with Crippen molar-refractivity contribution in [2.45, 2.75) is 31.3 Å². The molecule has 1 aliphatic carbocycles. The summed E-state index contributed by atoms with van der Waals surface area (Å²) in [7, 11) is 0. The molecule has 0 radical (unpaired) electrons. The molecule has 20 heavy (non-hydrogen) atoms. The van der Waals surface area contributed by atoms with Crippen molar-refractivity contribution in [1.29, 1.82) is 0 Å². The topological polar surface area (TPSA) is 72.6 Å². The standard InChI is InChI=1S/C15H18N2O3/c16-15(19)20-13-9-12(13)10-4-3-5-11(8-10)14(18)17-6-1-2-7-17/h3-5,8,12-13H,1-2,6-7,9H2,(H2,16,19)/t12-,13+/m0/s1. The molecule has 2 fully saturated rings. The lowest BCUT2D eigenvalue weighted by atomic mass is 10.1. The van der Waals surface area contributed by atoms with Gasteiger partial charge in [-0.3, -0.25) is 4.79 Å². The highest BCUT2D eigenvalue weighted by Gasteiger charge is 2.41. The molecule has 1 saturated heterocycles. The smallest absolute Gasteiger partial charge is 0.404 e. The number of nitrogens with zero attached hydrogens (tertiary/aromatic N) is 1. The Morgan fingerprint density at radius 2 is 2.00 bits per heavy atom. The Hall–Kier alpha value is -2.04. The molecule has 2 amide bonds. The van der Waals surface area contributed by atoms with Crippen LogP contribution in [0.4, 0.5) is 4.79 Å². The Balaban J connectivity index is 1.70. The highest BCUT2D eigenvalue weighted by molar-refractivity contribution is 5.94. The van der Waals surface area contributed by atoms with E-state index in [0.29, 0.717) is 5.56 Å². The van der Waals surface area contributed by atoms with Gasteiger partial charge in [0.25, 0.3) is 5.91 Å². The van der Waals surface area contributed by atoms with Gasteiger partial charge in [0, 0.05) is 24.6 Å². The lowest BCUT2D eigenvalue weighted by Gasteiger charge is -2.15. The monoisotopic (exact) mass is 274 g/mol. The molecule has 1 aromatic rings. The maximum Gasteiger partial charge on any atom is 0.404 e. The fourth-order valence-electron chi connectivity index (χ4n) is 2.81. The van der Waals surface area contributed by atoms with E-state index in [2.05, 4.69) is 0 Å². The van der Waals surface area contributed by atoms with Gasteiger partial charge in [-0.25, -0.2) is 4.79 Å². The van der Waals surface area contributed by atoms with E-state index >= 15 is 0 Å². The highest BCUT2D eigenvalue weighted by Crippen LogP contribution is 2.43.